The molecule has 0 unspecified atom stereocenters. The lowest BCUT2D eigenvalue weighted by Gasteiger charge is -2.36. The third-order valence-electron chi connectivity index (χ3n) is 5.71. The van der Waals surface area contributed by atoms with Gasteiger partial charge in [-0.05, 0) is 43.7 Å². The normalized spacial score (nSPS) is 21.9. The number of aromatic amines is 1. The number of benzene rings is 2. The van der Waals surface area contributed by atoms with E-state index >= 15 is 0 Å². The highest BCUT2D eigenvalue weighted by Gasteiger charge is 2.28. The molecule has 0 saturated carbocycles. The molecule has 150 valence electrons. The molecule has 1 aromatic heterocycles. The molecular weight excluding hydrogens is 370 g/mol. The van der Waals surface area contributed by atoms with Crippen molar-refractivity contribution in [2.45, 2.75) is 25.0 Å². The first kappa shape index (κ1) is 18.0. The molecule has 1 N–H and O–H groups in total. The zero-order chi connectivity index (χ0) is 19.8. The van der Waals surface area contributed by atoms with Gasteiger partial charge in [-0.25, -0.2) is 4.79 Å². The number of nitrogens with zero attached hydrogens (tertiary/aromatic N) is 2. The fourth-order valence-corrected chi connectivity index (χ4v) is 4.36. The minimum Gasteiger partial charge on any atom is -0.486 e. The van der Waals surface area contributed by atoms with Crippen LogP contribution in [0.25, 0.3) is 10.9 Å². The SMILES string of the molecule is O=c1[nH]c2ccccc2c(=O)n1[C@H]1CCCN(C[C@H]2COc3ccccc3O2)C1. The Bertz CT molecular complexity index is 1150. The first-order valence-corrected chi connectivity index (χ1v) is 10.0. The second-order valence-electron chi connectivity index (χ2n) is 7.70. The molecule has 5 rings (SSSR count). The van der Waals surface area contributed by atoms with Crippen molar-refractivity contribution in [3.05, 3.63) is 69.4 Å². The van der Waals surface area contributed by atoms with Gasteiger partial charge in [0.2, 0.25) is 0 Å². The molecule has 0 bridgehead atoms. The van der Waals surface area contributed by atoms with Crippen LogP contribution in [0.5, 0.6) is 11.5 Å². The maximum Gasteiger partial charge on any atom is 0.329 e. The smallest absolute Gasteiger partial charge is 0.329 e. The molecule has 0 radical (unpaired) electrons. The minimum atomic E-state index is -0.341. The molecule has 7 nitrogen and oxygen atoms in total. The zero-order valence-electron chi connectivity index (χ0n) is 16.0. The van der Waals surface area contributed by atoms with Crippen molar-refractivity contribution in [3.63, 3.8) is 0 Å². The van der Waals surface area contributed by atoms with Crippen molar-refractivity contribution >= 4 is 10.9 Å². The van der Waals surface area contributed by atoms with E-state index in [-0.39, 0.29) is 23.4 Å². The number of likely N-dealkylation sites (tertiary alicyclic amines) is 1. The Labute approximate surface area is 167 Å². The monoisotopic (exact) mass is 393 g/mol. The molecule has 0 amide bonds. The minimum absolute atomic E-state index is 0.0738. The van der Waals surface area contributed by atoms with Crippen molar-refractivity contribution in [1.82, 2.24) is 14.5 Å². The topological polar surface area (TPSA) is 76.6 Å². The molecule has 0 aliphatic carbocycles. The fraction of sp³-hybridized carbons (Fsp3) is 0.364. The van der Waals surface area contributed by atoms with Crippen LogP contribution in [-0.4, -0.2) is 46.8 Å². The lowest BCUT2D eigenvalue weighted by atomic mass is 10.0. The largest absolute Gasteiger partial charge is 0.486 e. The maximum atomic E-state index is 13.0. The number of hydrogen-bond donors (Lipinski definition) is 1. The van der Waals surface area contributed by atoms with Crippen molar-refractivity contribution in [3.8, 4) is 11.5 Å². The van der Waals surface area contributed by atoms with E-state index in [2.05, 4.69) is 9.88 Å². The highest BCUT2D eigenvalue weighted by molar-refractivity contribution is 5.76. The molecule has 7 heteroatoms. The lowest BCUT2D eigenvalue weighted by Crippen LogP contribution is -2.49. The number of ether oxygens (including phenoxy) is 2. The Hall–Kier alpha value is -3.06. The fourth-order valence-electron chi connectivity index (χ4n) is 4.36. The van der Waals surface area contributed by atoms with Crippen LogP contribution in [0.3, 0.4) is 0 Å². The molecular formula is C22H23N3O4. The van der Waals surface area contributed by atoms with Gasteiger partial charge in [0.15, 0.2) is 11.5 Å². The van der Waals surface area contributed by atoms with E-state index in [1.54, 1.807) is 12.1 Å². The van der Waals surface area contributed by atoms with Gasteiger partial charge in [0.1, 0.15) is 12.7 Å². The molecule has 1 saturated heterocycles. The van der Waals surface area contributed by atoms with Crippen LogP contribution in [0.4, 0.5) is 0 Å². The molecule has 2 aliphatic heterocycles. The van der Waals surface area contributed by atoms with Gasteiger partial charge in [-0.2, -0.15) is 0 Å². The van der Waals surface area contributed by atoms with Crippen molar-refractivity contribution < 1.29 is 9.47 Å². The van der Waals surface area contributed by atoms with Crippen molar-refractivity contribution in [1.29, 1.82) is 0 Å². The van der Waals surface area contributed by atoms with Crippen molar-refractivity contribution in [2.75, 3.05) is 26.2 Å². The first-order valence-electron chi connectivity index (χ1n) is 10.0. The number of nitrogens with one attached hydrogen (secondary N) is 1. The predicted octanol–water partition coefficient (Wildman–Crippen LogP) is 2.17. The van der Waals surface area contributed by atoms with Gasteiger partial charge in [-0.1, -0.05) is 24.3 Å². The maximum absolute atomic E-state index is 13.0. The molecule has 3 aromatic rings. The van der Waals surface area contributed by atoms with Crippen molar-refractivity contribution in [2.24, 2.45) is 0 Å². The summed E-state index contributed by atoms with van der Waals surface area (Å²) >= 11 is 0. The van der Waals surface area contributed by atoms with Gasteiger partial charge in [0.05, 0.1) is 16.9 Å². The Morgan fingerprint density at radius 3 is 2.72 bits per heavy atom. The third-order valence-corrected chi connectivity index (χ3v) is 5.71. The summed E-state index contributed by atoms with van der Waals surface area (Å²) in [6.07, 6.45) is 1.66. The van der Waals surface area contributed by atoms with Crippen LogP contribution in [-0.2, 0) is 0 Å². The summed E-state index contributed by atoms with van der Waals surface area (Å²) in [4.78, 5) is 30.7. The quantitative estimate of drug-likeness (QED) is 0.738. The van der Waals surface area contributed by atoms with E-state index in [1.165, 1.54) is 4.57 Å². The predicted molar refractivity (Wildman–Crippen MR) is 110 cm³/mol. The van der Waals surface area contributed by atoms with Gasteiger partial charge < -0.3 is 14.5 Å². The summed E-state index contributed by atoms with van der Waals surface area (Å²) in [5.41, 5.74) is 0.0203. The van der Waals surface area contributed by atoms with Gasteiger partial charge in [0.25, 0.3) is 5.56 Å². The van der Waals surface area contributed by atoms with E-state index in [0.29, 0.717) is 30.6 Å². The molecule has 1 fully saturated rings. The number of rotatable bonds is 3. The van der Waals surface area contributed by atoms with E-state index < -0.39 is 0 Å². The summed E-state index contributed by atoms with van der Waals surface area (Å²) < 4.78 is 13.3. The number of H-pyrrole nitrogens is 1. The molecule has 0 spiro atoms. The van der Waals surface area contributed by atoms with Gasteiger partial charge in [-0.3, -0.25) is 14.3 Å². The summed E-state index contributed by atoms with van der Waals surface area (Å²) in [5.74, 6) is 1.54. The summed E-state index contributed by atoms with van der Waals surface area (Å²) in [6.45, 7) is 2.75. The van der Waals surface area contributed by atoms with E-state index in [4.69, 9.17) is 9.47 Å². The summed E-state index contributed by atoms with van der Waals surface area (Å²) in [6, 6.07) is 14.7. The molecule has 2 aromatic carbocycles. The van der Waals surface area contributed by atoms with Crippen LogP contribution < -0.4 is 20.7 Å². The lowest BCUT2D eigenvalue weighted by molar-refractivity contribution is 0.0455. The average molecular weight is 393 g/mol. The van der Waals surface area contributed by atoms with Crippen LogP contribution in [0, 0.1) is 0 Å². The third kappa shape index (κ3) is 3.42. The number of para-hydroxylation sites is 3. The average Bonchev–Trinajstić information content (AvgIpc) is 2.74. The number of fused-ring (bicyclic) bond motifs is 2. The van der Waals surface area contributed by atoms with Gasteiger partial charge >= 0.3 is 5.69 Å². The molecule has 29 heavy (non-hydrogen) atoms. The Kier molecular flexibility index (Phi) is 4.60. The van der Waals surface area contributed by atoms with Crippen LogP contribution in [0.15, 0.2) is 58.1 Å². The van der Waals surface area contributed by atoms with E-state index in [0.717, 1.165) is 30.9 Å². The van der Waals surface area contributed by atoms with Gasteiger partial charge in [0, 0.05) is 13.1 Å². The highest BCUT2D eigenvalue weighted by atomic mass is 16.6. The zero-order valence-corrected chi connectivity index (χ0v) is 16.0. The van der Waals surface area contributed by atoms with Crippen LogP contribution in [0.1, 0.15) is 18.9 Å². The summed E-state index contributed by atoms with van der Waals surface area (Å²) in [7, 11) is 0. The van der Waals surface area contributed by atoms with Gasteiger partial charge in [-0.15, -0.1) is 0 Å². The number of piperidine rings is 1. The van der Waals surface area contributed by atoms with Crippen LogP contribution >= 0.6 is 0 Å². The number of hydrogen-bond acceptors (Lipinski definition) is 5. The summed E-state index contributed by atoms with van der Waals surface area (Å²) in [5, 5.41) is 0.546. The highest BCUT2D eigenvalue weighted by Crippen LogP contribution is 2.31. The molecule has 2 aliphatic rings. The van der Waals surface area contributed by atoms with E-state index in [1.807, 2.05) is 36.4 Å². The second kappa shape index (κ2) is 7.40. The number of aromatic nitrogens is 2. The molecule has 3 heterocycles. The Balaban J connectivity index is 1.35. The van der Waals surface area contributed by atoms with E-state index in [9.17, 15) is 9.59 Å². The Morgan fingerprint density at radius 2 is 1.83 bits per heavy atom. The first-order chi connectivity index (χ1) is 14.2. The Morgan fingerprint density at radius 1 is 1.03 bits per heavy atom. The molecule has 2 atom stereocenters. The van der Waals surface area contributed by atoms with Crippen LogP contribution in [0.2, 0.25) is 0 Å². The second-order valence-corrected chi connectivity index (χ2v) is 7.70. The standard InChI is InChI=1S/C22H23N3O4/c26-21-17-7-1-2-8-18(17)23-22(27)25(21)15-6-5-11-24(12-15)13-16-14-28-19-9-3-4-10-20(19)29-16/h1-4,7-10,15-16H,5-6,11-14H2,(H,23,27)/t15-,16-/m0/s1.